The summed E-state index contributed by atoms with van der Waals surface area (Å²) in [4.78, 5) is 21.7. The number of ether oxygens (including phenoxy) is 2. The summed E-state index contributed by atoms with van der Waals surface area (Å²) in [5.41, 5.74) is 7.52. The van der Waals surface area contributed by atoms with E-state index in [2.05, 4.69) is 47.9 Å². The first-order chi connectivity index (χ1) is 20.2. The van der Waals surface area contributed by atoms with E-state index in [4.69, 9.17) is 14.5 Å². The lowest BCUT2D eigenvalue weighted by Crippen LogP contribution is -2.42. The Morgan fingerprint density at radius 2 is 1.90 bits per heavy atom. The van der Waals surface area contributed by atoms with Crippen LogP contribution >= 0.6 is 0 Å². The second kappa shape index (κ2) is 11.7. The lowest BCUT2D eigenvalue weighted by molar-refractivity contribution is -0.148. The van der Waals surface area contributed by atoms with Crippen molar-refractivity contribution in [3.05, 3.63) is 76.3 Å². The van der Waals surface area contributed by atoms with Crippen molar-refractivity contribution in [3.8, 4) is 17.0 Å². The molecule has 2 saturated heterocycles. The summed E-state index contributed by atoms with van der Waals surface area (Å²) in [5, 5.41) is 9.84. The van der Waals surface area contributed by atoms with Gasteiger partial charge in [-0.05, 0) is 92.0 Å². The van der Waals surface area contributed by atoms with Crippen LogP contribution in [0.3, 0.4) is 0 Å². The highest BCUT2D eigenvalue weighted by Gasteiger charge is 2.46. The fraction of sp³-hybridized carbons (Fsp3) is 0.486. The molecule has 1 N–H and O–H groups in total. The molecule has 2 aromatic carbocycles. The van der Waals surface area contributed by atoms with Crippen LogP contribution in [-0.4, -0.2) is 59.8 Å². The Balaban J connectivity index is 1.20. The molecule has 222 valence electrons. The maximum Gasteiger partial charge on any atom is 0.311 e. The molecule has 0 amide bonds. The van der Waals surface area contributed by atoms with Crippen LogP contribution in [0.25, 0.3) is 11.3 Å². The van der Waals surface area contributed by atoms with Crippen LogP contribution in [0.15, 0.2) is 48.5 Å². The molecule has 0 spiro atoms. The molecule has 2 atom stereocenters. The Morgan fingerprint density at radius 3 is 2.67 bits per heavy atom. The molecule has 2 fully saturated rings. The number of para-hydroxylation sites is 1. The molecule has 4 heterocycles. The van der Waals surface area contributed by atoms with Crippen molar-refractivity contribution in [2.45, 2.75) is 66.2 Å². The van der Waals surface area contributed by atoms with E-state index in [1.165, 1.54) is 22.3 Å². The number of fused-ring (bicyclic) bond motifs is 1. The third-order valence-electron chi connectivity index (χ3n) is 9.88. The van der Waals surface area contributed by atoms with Gasteiger partial charge >= 0.3 is 5.97 Å². The van der Waals surface area contributed by atoms with Gasteiger partial charge in [-0.15, -0.1) is 0 Å². The van der Waals surface area contributed by atoms with Crippen molar-refractivity contribution in [3.63, 3.8) is 0 Å². The quantitative estimate of drug-likeness (QED) is 0.373. The van der Waals surface area contributed by atoms with Crippen molar-refractivity contribution in [1.29, 1.82) is 0 Å². The van der Waals surface area contributed by atoms with Gasteiger partial charge in [-0.2, -0.15) is 0 Å². The van der Waals surface area contributed by atoms with Crippen molar-refractivity contribution in [1.82, 2.24) is 9.88 Å². The number of rotatable bonds is 7. The number of carboxylic acid groups (broad SMARTS) is 1. The standard InChI is InChI=1S/C35H43N3O4/c1-23-7-5-8-29(31-9-6-10-32(36-31)38-19-25(3)35(4,22-38)34(39)40)33(23)42-21-26-17-24(2)30-20-37(14-11-27(30)18-26)28-12-15-41-16-13-28/h5-10,17-18,25,28H,11-16,19-22H2,1-4H3,(H,39,40)/t25-,35-/m0/s1. The highest BCUT2D eigenvalue weighted by Crippen LogP contribution is 2.39. The fourth-order valence-corrected chi connectivity index (χ4v) is 6.96. The van der Waals surface area contributed by atoms with Gasteiger partial charge in [0.2, 0.25) is 0 Å². The number of aliphatic carboxylic acids is 1. The zero-order valence-electron chi connectivity index (χ0n) is 25.4. The lowest BCUT2D eigenvalue weighted by atomic mass is 9.81. The highest BCUT2D eigenvalue weighted by atomic mass is 16.5. The minimum atomic E-state index is -0.786. The summed E-state index contributed by atoms with van der Waals surface area (Å²) in [6.07, 6.45) is 3.34. The van der Waals surface area contributed by atoms with Gasteiger partial charge in [0.25, 0.3) is 0 Å². The molecule has 1 aromatic heterocycles. The monoisotopic (exact) mass is 569 g/mol. The number of anilines is 1. The Hall–Kier alpha value is -3.42. The van der Waals surface area contributed by atoms with Gasteiger partial charge in [0.05, 0.1) is 11.1 Å². The maximum atomic E-state index is 12.0. The van der Waals surface area contributed by atoms with Crippen LogP contribution in [0.1, 0.15) is 54.5 Å². The predicted molar refractivity (Wildman–Crippen MR) is 165 cm³/mol. The van der Waals surface area contributed by atoms with Crippen LogP contribution < -0.4 is 9.64 Å². The van der Waals surface area contributed by atoms with Crippen LogP contribution in [0.5, 0.6) is 5.75 Å². The normalized spacial score (nSPS) is 23.1. The Kier molecular flexibility index (Phi) is 7.99. The highest BCUT2D eigenvalue weighted by molar-refractivity contribution is 5.77. The minimum Gasteiger partial charge on any atom is -0.488 e. The van der Waals surface area contributed by atoms with E-state index in [0.29, 0.717) is 25.7 Å². The van der Waals surface area contributed by atoms with Crippen LogP contribution in [-0.2, 0) is 29.1 Å². The van der Waals surface area contributed by atoms with Crippen LogP contribution in [0.4, 0.5) is 5.82 Å². The number of aromatic nitrogens is 1. The van der Waals surface area contributed by atoms with E-state index < -0.39 is 11.4 Å². The largest absolute Gasteiger partial charge is 0.488 e. The van der Waals surface area contributed by atoms with Crippen LogP contribution in [0.2, 0.25) is 0 Å². The van der Waals surface area contributed by atoms with Gasteiger partial charge in [-0.25, -0.2) is 4.98 Å². The molecule has 0 unspecified atom stereocenters. The van der Waals surface area contributed by atoms with E-state index in [1.54, 1.807) is 0 Å². The maximum absolute atomic E-state index is 12.0. The molecule has 3 aliphatic rings. The zero-order chi connectivity index (χ0) is 29.4. The molecule has 3 aliphatic heterocycles. The topological polar surface area (TPSA) is 75.1 Å². The number of carboxylic acids is 1. The number of carbonyl (C=O) groups is 1. The van der Waals surface area contributed by atoms with E-state index >= 15 is 0 Å². The van der Waals surface area contributed by atoms with Gasteiger partial charge in [-0.3, -0.25) is 9.69 Å². The van der Waals surface area contributed by atoms with E-state index in [1.807, 2.05) is 38.1 Å². The number of benzene rings is 2. The molecular weight excluding hydrogens is 526 g/mol. The number of pyridine rings is 1. The summed E-state index contributed by atoms with van der Waals surface area (Å²) >= 11 is 0. The van der Waals surface area contributed by atoms with E-state index in [9.17, 15) is 9.90 Å². The third-order valence-corrected chi connectivity index (χ3v) is 9.88. The average molecular weight is 570 g/mol. The SMILES string of the molecule is Cc1cc(COc2c(C)cccc2-c2cccc(N3C[C@H](C)[C@@](C)(C(=O)O)C3)n2)cc2c1CN(C1CCOCC1)CC2. The first kappa shape index (κ1) is 28.7. The Labute approximate surface area is 249 Å². The molecule has 0 radical (unpaired) electrons. The molecule has 0 aliphatic carbocycles. The third kappa shape index (κ3) is 5.52. The molecule has 0 saturated carbocycles. The Morgan fingerprint density at radius 1 is 1.12 bits per heavy atom. The Bertz CT molecular complexity index is 1470. The molecule has 0 bridgehead atoms. The van der Waals surface area contributed by atoms with Gasteiger partial charge in [0.1, 0.15) is 18.2 Å². The first-order valence-electron chi connectivity index (χ1n) is 15.3. The van der Waals surface area contributed by atoms with Crippen molar-refractivity contribution in [2.24, 2.45) is 11.3 Å². The van der Waals surface area contributed by atoms with Crippen molar-refractivity contribution >= 4 is 11.8 Å². The number of hydrogen-bond donors (Lipinski definition) is 1. The smallest absolute Gasteiger partial charge is 0.311 e. The summed E-state index contributed by atoms with van der Waals surface area (Å²) in [7, 11) is 0. The minimum absolute atomic E-state index is 0.0309. The van der Waals surface area contributed by atoms with E-state index in [-0.39, 0.29) is 5.92 Å². The summed E-state index contributed by atoms with van der Waals surface area (Å²) in [6.45, 7) is 13.7. The molecular formula is C35H43N3O4. The predicted octanol–water partition coefficient (Wildman–Crippen LogP) is 6.03. The number of aryl methyl sites for hydroxylation is 2. The zero-order valence-corrected chi connectivity index (χ0v) is 25.4. The molecule has 42 heavy (non-hydrogen) atoms. The second-order valence-electron chi connectivity index (χ2n) is 12.7. The number of hydrogen-bond acceptors (Lipinski definition) is 6. The summed E-state index contributed by atoms with van der Waals surface area (Å²) < 4.78 is 12.2. The molecule has 3 aromatic rings. The van der Waals surface area contributed by atoms with Gasteiger partial charge in [0, 0.05) is 51.0 Å². The lowest BCUT2D eigenvalue weighted by Gasteiger charge is -2.38. The average Bonchev–Trinajstić information content (AvgIpc) is 3.32. The summed E-state index contributed by atoms with van der Waals surface area (Å²) in [6, 6.07) is 17.4. The van der Waals surface area contributed by atoms with Crippen LogP contribution in [0, 0.1) is 25.2 Å². The molecule has 6 rings (SSSR count). The van der Waals surface area contributed by atoms with Crippen molar-refractivity contribution < 1.29 is 19.4 Å². The van der Waals surface area contributed by atoms with Gasteiger partial charge in [-0.1, -0.05) is 37.3 Å². The second-order valence-corrected chi connectivity index (χ2v) is 12.7. The van der Waals surface area contributed by atoms with Gasteiger partial charge in [0.15, 0.2) is 0 Å². The number of nitrogens with zero attached hydrogens (tertiary/aromatic N) is 3. The van der Waals surface area contributed by atoms with Gasteiger partial charge < -0.3 is 19.5 Å². The van der Waals surface area contributed by atoms with Crippen molar-refractivity contribution in [2.75, 3.05) is 37.7 Å². The fourth-order valence-electron chi connectivity index (χ4n) is 6.96. The van der Waals surface area contributed by atoms with E-state index in [0.717, 1.165) is 74.0 Å². The summed E-state index contributed by atoms with van der Waals surface area (Å²) in [5.74, 6) is 0.922. The molecule has 7 heteroatoms. The first-order valence-corrected chi connectivity index (χ1v) is 15.3. The molecule has 7 nitrogen and oxygen atoms in total.